The van der Waals surface area contributed by atoms with Crippen molar-refractivity contribution in [2.45, 2.75) is 43.1 Å². The zero-order valence-corrected chi connectivity index (χ0v) is 10.2. The van der Waals surface area contributed by atoms with Crippen LogP contribution in [0.5, 0.6) is 0 Å². The molecule has 0 amide bonds. The molecule has 0 N–H and O–H groups in total. The first-order valence-electron chi connectivity index (χ1n) is 5.70. The van der Waals surface area contributed by atoms with Crippen molar-refractivity contribution in [3.05, 3.63) is 34.8 Å². The summed E-state index contributed by atoms with van der Waals surface area (Å²) in [6.45, 7) is 2.92. The zero-order valence-electron chi connectivity index (χ0n) is 9.43. The monoisotopic (exact) mass is 236 g/mol. The van der Waals surface area contributed by atoms with Crippen molar-refractivity contribution in [3.63, 3.8) is 0 Å². The minimum Gasteiger partial charge on any atom is -0.328 e. The second-order valence-electron chi connectivity index (χ2n) is 3.85. The number of thioether (sulfide) groups is 1. The molecule has 1 aliphatic carbocycles. The number of aromatic nitrogens is 2. The number of hydrogen-bond donors (Lipinski definition) is 0. The third-order valence-electron chi connectivity index (χ3n) is 2.66. The molecule has 1 unspecified atom stereocenters. The van der Waals surface area contributed by atoms with Crippen molar-refractivity contribution in [1.29, 1.82) is 0 Å². The molecular formula is C12H16N2OS. The summed E-state index contributed by atoms with van der Waals surface area (Å²) in [6, 6.07) is 1.52. The highest BCUT2D eigenvalue weighted by molar-refractivity contribution is 7.99. The second-order valence-corrected chi connectivity index (χ2v) is 5.06. The van der Waals surface area contributed by atoms with Gasteiger partial charge in [0.1, 0.15) is 0 Å². The minimum absolute atomic E-state index is 0.146. The largest absolute Gasteiger partial charge is 0.328 e. The first kappa shape index (κ1) is 11.5. The van der Waals surface area contributed by atoms with Crippen LogP contribution >= 0.6 is 11.8 Å². The average molecular weight is 236 g/mol. The number of rotatable bonds is 3. The van der Waals surface area contributed by atoms with Crippen LogP contribution in [0, 0.1) is 0 Å². The summed E-state index contributed by atoms with van der Waals surface area (Å²) in [6.07, 6.45) is 9.86. The molecule has 1 aliphatic rings. The van der Waals surface area contributed by atoms with E-state index in [0.29, 0.717) is 5.25 Å². The van der Waals surface area contributed by atoms with E-state index in [1.54, 1.807) is 11.8 Å². The maximum atomic E-state index is 11.2. The fraction of sp³-hybridized carbons (Fsp3) is 0.500. The van der Waals surface area contributed by atoms with Crippen LogP contribution in [0.1, 0.15) is 26.2 Å². The van der Waals surface area contributed by atoms with Crippen molar-refractivity contribution >= 4 is 11.8 Å². The van der Waals surface area contributed by atoms with E-state index in [-0.39, 0.29) is 5.56 Å². The molecule has 0 saturated heterocycles. The Morgan fingerprint density at radius 3 is 3.19 bits per heavy atom. The van der Waals surface area contributed by atoms with Crippen molar-refractivity contribution < 1.29 is 0 Å². The summed E-state index contributed by atoms with van der Waals surface area (Å²) in [5, 5.41) is 1.31. The van der Waals surface area contributed by atoms with Crippen molar-refractivity contribution in [2.24, 2.45) is 0 Å². The van der Waals surface area contributed by atoms with E-state index in [9.17, 15) is 4.79 Å². The predicted octanol–water partition coefficient (Wildman–Crippen LogP) is 2.46. The van der Waals surface area contributed by atoms with Crippen molar-refractivity contribution in [2.75, 3.05) is 0 Å². The average Bonchev–Trinajstić information content (AvgIpc) is 2.31. The first-order valence-corrected chi connectivity index (χ1v) is 6.58. The van der Waals surface area contributed by atoms with Crippen LogP contribution < -0.4 is 5.56 Å². The van der Waals surface area contributed by atoms with E-state index < -0.39 is 0 Å². The Labute approximate surface area is 99.6 Å². The van der Waals surface area contributed by atoms with E-state index in [0.717, 1.165) is 11.7 Å². The highest BCUT2D eigenvalue weighted by Crippen LogP contribution is 2.28. The second kappa shape index (κ2) is 5.34. The van der Waals surface area contributed by atoms with Gasteiger partial charge in [0.25, 0.3) is 5.56 Å². The van der Waals surface area contributed by atoms with E-state index >= 15 is 0 Å². The lowest BCUT2D eigenvalue weighted by atomic mass is 10.1. The Morgan fingerprint density at radius 2 is 2.50 bits per heavy atom. The van der Waals surface area contributed by atoms with Gasteiger partial charge in [0, 0.05) is 24.1 Å². The van der Waals surface area contributed by atoms with Gasteiger partial charge in [-0.25, -0.2) is 0 Å². The minimum atomic E-state index is -0.146. The van der Waals surface area contributed by atoms with E-state index in [4.69, 9.17) is 0 Å². The molecular weight excluding hydrogens is 220 g/mol. The van der Waals surface area contributed by atoms with Crippen LogP contribution in [-0.2, 0) is 6.54 Å². The van der Waals surface area contributed by atoms with Gasteiger partial charge < -0.3 is 4.57 Å². The Balaban J connectivity index is 2.18. The van der Waals surface area contributed by atoms with Gasteiger partial charge in [-0.15, -0.1) is 0 Å². The van der Waals surface area contributed by atoms with E-state index in [1.165, 1.54) is 25.3 Å². The molecule has 86 valence electrons. The first-order chi connectivity index (χ1) is 7.79. The number of allylic oxidation sites excluding steroid dienone is 1. The number of aryl methyl sites for hydroxylation is 1. The van der Waals surface area contributed by atoms with Gasteiger partial charge in [0.2, 0.25) is 0 Å². The van der Waals surface area contributed by atoms with Gasteiger partial charge in [0.15, 0.2) is 5.16 Å². The van der Waals surface area contributed by atoms with Gasteiger partial charge >= 0.3 is 0 Å². The highest BCUT2D eigenvalue weighted by Gasteiger charge is 2.12. The number of nitrogens with zero attached hydrogens (tertiary/aromatic N) is 2. The Morgan fingerprint density at radius 1 is 1.62 bits per heavy atom. The summed E-state index contributed by atoms with van der Waals surface area (Å²) in [7, 11) is 0. The molecule has 0 aromatic carbocycles. The Hall–Kier alpha value is -1.03. The van der Waals surface area contributed by atoms with Crippen LogP contribution in [0.3, 0.4) is 0 Å². The van der Waals surface area contributed by atoms with Crippen LogP contribution in [0.15, 0.2) is 34.4 Å². The maximum absolute atomic E-state index is 11.2. The summed E-state index contributed by atoms with van der Waals surface area (Å²) >= 11 is 1.69. The molecule has 4 heteroatoms. The van der Waals surface area contributed by atoms with Gasteiger partial charge in [-0.1, -0.05) is 23.9 Å². The molecule has 1 aromatic heterocycles. The molecule has 1 atom stereocenters. The molecule has 0 saturated carbocycles. The molecule has 0 aliphatic heterocycles. The molecule has 3 nitrogen and oxygen atoms in total. The van der Waals surface area contributed by atoms with Crippen molar-refractivity contribution in [3.8, 4) is 0 Å². The lowest BCUT2D eigenvalue weighted by Crippen LogP contribution is -2.14. The summed E-state index contributed by atoms with van der Waals surface area (Å²) < 4.78 is 2.02. The normalized spacial score (nSPS) is 19.9. The van der Waals surface area contributed by atoms with Crippen LogP contribution in [-0.4, -0.2) is 14.8 Å². The molecule has 1 heterocycles. The Kier molecular flexibility index (Phi) is 3.83. The molecule has 0 bridgehead atoms. The smallest absolute Gasteiger partial charge is 0.273 e. The lowest BCUT2D eigenvalue weighted by molar-refractivity contribution is 0.636. The van der Waals surface area contributed by atoms with Crippen LogP contribution in [0.25, 0.3) is 0 Å². The lowest BCUT2D eigenvalue weighted by Gasteiger charge is -2.17. The molecule has 1 aromatic rings. The summed E-state index contributed by atoms with van der Waals surface area (Å²) in [4.78, 5) is 15.3. The molecule has 0 fully saturated rings. The SMILES string of the molecule is CCn1ccc(=O)nc1SC1C=CCCC1. The standard InChI is InChI=1S/C12H16N2OS/c1-2-14-9-8-11(15)13-12(14)16-10-6-4-3-5-7-10/h4,6,8-10H,2-3,5,7H2,1H3. The molecule has 0 spiro atoms. The number of hydrogen-bond acceptors (Lipinski definition) is 3. The van der Waals surface area contributed by atoms with Gasteiger partial charge in [-0.3, -0.25) is 4.79 Å². The van der Waals surface area contributed by atoms with Gasteiger partial charge in [-0.05, 0) is 26.2 Å². The van der Waals surface area contributed by atoms with E-state index in [2.05, 4.69) is 24.1 Å². The fourth-order valence-electron chi connectivity index (χ4n) is 1.76. The van der Waals surface area contributed by atoms with Crippen molar-refractivity contribution in [1.82, 2.24) is 9.55 Å². The van der Waals surface area contributed by atoms with Gasteiger partial charge in [-0.2, -0.15) is 4.98 Å². The topological polar surface area (TPSA) is 34.9 Å². The molecule has 16 heavy (non-hydrogen) atoms. The summed E-state index contributed by atoms with van der Waals surface area (Å²) in [5.74, 6) is 0. The highest BCUT2D eigenvalue weighted by atomic mass is 32.2. The predicted molar refractivity (Wildman–Crippen MR) is 66.8 cm³/mol. The molecule has 0 radical (unpaired) electrons. The van der Waals surface area contributed by atoms with Crippen LogP contribution in [0.4, 0.5) is 0 Å². The van der Waals surface area contributed by atoms with Crippen LogP contribution in [0.2, 0.25) is 0 Å². The zero-order chi connectivity index (χ0) is 11.4. The Bertz CT molecular complexity index is 439. The third-order valence-corrected chi connectivity index (χ3v) is 3.89. The summed E-state index contributed by atoms with van der Waals surface area (Å²) in [5.41, 5.74) is -0.146. The van der Waals surface area contributed by atoms with E-state index in [1.807, 2.05) is 10.8 Å². The third kappa shape index (κ3) is 2.76. The molecule has 2 rings (SSSR count). The quantitative estimate of drug-likeness (QED) is 0.597. The fourth-order valence-corrected chi connectivity index (χ4v) is 2.98. The van der Waals surface area contributed by atoms with Gasteiger partial charge in [0.05, 0.1) is 0 Å². The maximum Gasteiger partial charge on any atom is 0.273 e.